The molecule has 1 aromatic rings. The van der Waals surface area contributed by atoms with Gasteiger partial charge in [-0.3, -0.25) is 4.79 Å². The van der Waals surface area contributed by atoms with Crippen molar-refractivity contribution in [2.75, 3.05) is 13.2 Å². The topological polar surface area (TPSA) is 81.9 Å². The van der Waals surface area contributed by atoms with Crippen LogP contribution >= 0.6 is 0 Å². The molecule has 0 heterocycles. The van der Waals surface area contributed by atoms with E-state index in [0.717, 1.165) is 4.90 Å². The molecule has 6 nitrogen and oxygen atoms in total. The number of nitrogens with zero attached hydrogens (tertiary/aromatic N) is 1. The van der Waals surface area contributed by atoms with Gasteiger partial charge in [-0.25, -0.2) is 9.69 Å². The smallest absolute Gasteiger partial charge is 0.417 e. The molecule has 0 unspecified atom stereocenters. The molecule has 22 heavy (non-hydrogen) atoms. The number of benzene rings is 1. The molecular weight excluding hydrogens is 284 g/mol. The van der Waals surface area contributed by atoms with Crippen LogP contribution < -0.4 is 10.5 Å². The monoisotopic (exact) mass is 308 g/mol. The lowest BCUT2D eigenvalue weighted by molar-refractivity contribution is -0.131. The second-order valence-electron chi connectivity index (χ2n) is 5.92. The fourth-order valence-electron chi connectivity index (χ4n) is 1.63. The maximum atomic E-state index is 12.1. The van der Waals surface area contributed by atoms with Gasteiger partial charge in [-0.2, -0.15) is 0 Å². The van der Waals surface area contributed by atoms with Gasteiger partial charge in [0.15, 0.2) is 0 Å². The lowest BCUT2D eigenvalue weighted by atomic mass is 10.2. The van der Waals surface area contributed by atoms with Crippen LogP contribution in [0, 0.1) is 0 Å². The zero-order valence-electron chi connectivity index (χ0n) is 13.5. The summed E-state index contributed by atoms with van der Waals surface area (Å²) in [5, 5.41) is 0. The predicted octanol–water partition coefficient (Wildman–Crippen LogP) is 2.18. The Hall–Kier alpha value is -2.08. The molecule has 0 radical (unpaired) electrons. The Morgan fingerprint density at radius 1 is 1.23 bits per heavy atom. The SMILES string of the molecule is C[C@@H](N)C(=O)N(CCOc1ccccc1)C(=O)OC(C)(C)C. The van der Waals surface area contributed by atoms with E-state index in [4.69, 9.17) is 15.2 Å². The number of imide groups is 1. The lowest BCUT2D eigenvalue weighted by Gasteiger charge is -2.27. The number of rotatable bonds is 5. The van der Waals surface area contributed by atoms with Gasteiger partial charge in [0, 0.05) is 0 Å². The normalized spacial score (nSPS) is 12.4. The van der Waals surface area contributed by atoms with E-state index in [1.807, 2.05) is 18.2 Å². The number of carbonyl (C=O) groups is 2. The van der Waals surface area contributed by atoms with Crippen LogP contribution in [0.15, 0.2) is 30.3 Å². The van der Waals surface area contributed by atoms with Crippen LogP contribution in [0.5, 0.6) is 5.75 Å². The third kappa shape index (κ3) is 6.13. The fourth-order valence-corrected chi connectivity index (χ4v) is 1.63. The largest absolute Gasteiger partial charge is 0.492 e. The van der Waals surface area contributed by atoms with Crippen LogP contribution in [0.4, 0.5) is 4.79 Å². The fraction of sp³-hybridized carbons (Fsp3) is 0.500. The number of hydrogen-bond acceptors (Lipinski definition) is 5. The summed E-state index contributed by atoms with van der Waals surface area (Å²) in [7, 11) is 0. The Morgan fingerprint density at radius 3 is 2.32 bits per heavy atom. The Balaban J connectivity index is 2.66. The van der Waals surface area contributed by atoms with Crippen LogP contribution in [0.2, 0.25) is 0 Å². The summed E-state index contributed by atoms with van der Waals surface area (Å²) in [5.74, 6) is 0.172. The zero-order chi connectivity index (χ0) is 16.8. The third-order valence-corrected chi connectivity index (χ3v) is 2.60. The third-order valence-electron chi connectivity index (χ3n) is 2.60. The zero-order valence-corrected chi connectivity index (χ0v) is 13.5. The van der Waals surface area contributed by atoms with Gasteiger partial charge in [0.05, 0.1) is 12.6 Å². The summed E-state index contributed by atoms with van der Waals surface area (Å²) in [6.45, 7) is 6.98. The summed E-state index contributed by atoms with van der Waals surface area (Å²) in [6.07, 6.45) is -0.716. The minimum Gasteiger partial charge on any atom is -0.492 e. The lowest BCUT2D eigenvalue weighted by Crippen LogP contribution is -2.48. The predicted molar refractivity (Wildman–Crippen MR) is 83.5 cm³/mol. The molecule has 122 valence electrons. The maximum Gasteiger partial charge on any atom is 0.417 e. The van der Waals surface area contributed by atoms with Gasteiger partial charge < -0.3 is 15.2 Å². The van der Waals surface area contributed by atoms with Crippen LogP contribution in [0.25, 0.3) is 0 Å². The highest BCUT2D eigenvalue weighted by Crippen LogP contribution is 2.12. The van der Waals surface area contributed by atoms with Crippen molar-refractivity contribution in [3.63, 3.8) is 0 Å². The maximum absolute atomic E-state index is 12.1. The van der Waals surface area contributed by atoms with Gasteiger partial charge in [0.25, 0.3) is 0 Å². The first-order valence-corrected chi connectivity index (χ1v) is 7.18. The molecule has 0 aliphatic heterocycles. The van der Waals surface area contributed by atoms with Gasteiger partial charge in [0.2, 0.25) is 5.91 Å². The van der Waals surface area contributed by atoms with Crippen molar-refractivity contribution in [2.45, 2.75) is 39.3 Å². The summed E-state index contributed by atoms with van der Waals surface area (Å²) >= 11 is 0. The second-order valence-corrected chi connectivity index (χ2v) is 5.92. The Bertz CT molecular complexity index is 495. The molecule has 2 N–H and O–H groups in total. The van der Waals surface area contributed by atoms with Crippen molar-refractivity contribution in [2.24, 2.45) is 5.73 Å². The van der Waals surface area contributed by atoms with Gasteiger partial charge in [-0.15, -0.1) is 0 Å². The quantitative estimate of drug-likeness (QED) is 0.901. The Labute approximate surface area is 131 Å². The van der Waals surface area contributed by atoms with Gasteiger partial charge in [-0.05, 0) is 39.8 Å². The second kappa shape index (κ2) is 7.79. The molecule has 0 fully saturated rings. The average Bonchev–Trinajstić information content (AvgIpc) is 2.42. The van der Waals surface area contributed by atoms with E-state index in [2.05, 4.69) is 0 Å². The van der Waals surface area contributed by atoms with E-state index in [0.29, 0.717) is 5.75 Å². The van der Waals surface area contributed by atoms with E-state index in [9.17, 15) is 9.59 Å². The van der Waals surface area contributed by atoms with Crippen LogP contribution in [-0.4, -0.2) is 41.7 Å². The summed E-state index contributed by atoms with van der Waals surface area (Å²) in [4.78, 5) is 25.2. The molecule has 0 saturated heterocycles. The van der Waals surface area contributed by atoms with E-state index in [1.54, 1.807) is 32.9 Å². The summed E-state index contributed by atoms with van der Waals surface area (Å²) in [5.41, 5.74) is 4.89. The molecule has 1 rings (SSSR count). The molecule has 0 aliphatic carbocycles. The molecule has 0 aliphatic rings. The van der Waals surface area contributed by atoms with Crippen molar-refractivity contribution in [3.05, 3.63) is 30.3 Å². The van der Waals surface area contributed by atoms with E-state index >= 15 is 0 Å². The number of hydrogen-bond donors (Lipinski definition) is 1. The minimum absolute atomic E-state index is 0.0736. The van der Waals surface area contributed by atoms with Crippen LogP contribution in [-0.2, 0) is 9.53 Å². The molecule has 1 atom stereocenters. The van der Waals surface area contributed by atoms with Gasteiger partial charge in [0.1, 0.15) is 18.0 Å². The number of para-hydroxylation sites is 1. The van der Waals surface area contributed by atoms with Gasteiger partial charge >= 0.3 is 6.09 Å². The van der Waals surface area contributed by atoms with Crippen molar-refractivity contribution in [1.29, 1.82) is 0 Å². The molecule has 0 saturated carbocycles. The Morgan fingerprint density at radius 2 is 1.82 bits per heavy atom. The van der Waals surface area contributed by atoms with Crippen molar-refractivity contribution < 1.29 is 19.1 Å². The van der Waals surface area contributed by atoms with Crippen molar-refractivity contribution in [1.82, 2.24) is 4.90 Å². The van der Waals surface area contributed by atoms with Crippen molar-refractivity contribution >= 4 is 12.0 Å². The summed E-state index contributed by atoms with van der Waals surface area (Å²) in [6, 6.07) is 8.36. The average molecular weight is 308 g/mol. The molecule has 1 aromatic carbocycles. The molecule has 0 bridgehead atoms. The first kappa shape index (κ1) is 18.0. The first-order chi connectivity index (χ1) is 10.2. The van der Waals surface area contributed by atoms with Gasteiger partial charge in [-0.1, -0.05) is 18.2 Å². The first-order valence-electron chi connectivity index (χ1n) is 7.18. The van der Waals surface area contributed by atoms with E-state index in [1.165, 1.54) is 6.92 Å². The van der Waals surface area contributed by atoms with E-state index in [-0.39, 0.29) is 13.2 Å². The number of amides is 2. The minimum atomic E-state index is -0.788. The molecule has 2 amide bonds. The highest BCUT2D eigenvalue weighted by molar-refractivity contribution is 5.94. The number of carbonyl (C=O) groups excluding carboxylic acids is 2. The number of nitrogens with two attached hydrogens (primary N) is 1. The number of ether oxygens (including phenoxy) is 2. The van der Waals surface area contributed by atoms with Crippen molar-refractivity contribution in [3.8, 4) is 5.75 Å². The molecule has 0 aromatic heterocycles. The molecule has 6 heteroatoms. The highest BCUT2D eigenvalue weighted by Gasteiger charge is 2.28. The molecular formula is C16H24N2O4. The van der Waals surface area contributed by atoms with E-state index < -0.39 is 23.6 Å². The van der Waals surface area contributed by atoms with Crippen LogP contribution in [0.3, 0.4) is 0 Å². The van der Waals surface area contributed by atoms with Crippen LogP contribution in [0.1, 0.15) is 27.7 Å². The highest BCUT2D eigenvalue weighted by atomic mass is 16.6. The standard InChI is InChI=1S/C16H24N2O4/c1-12(17)14(19)18(15(20)22-16(2,3)4)10-11-21-13-8-6-5-7-9-13/h5-9,12H,10-11,17H2,1-4H3/t12-/m1/s1. The molecule has 0 spiro atoms. The summed E-state index contributed by atoms with van der Waals surface area (Å²) < 4.78 is 10.7. The Kier molecular flexibility index (Phi) is 6.37.